The van der Waals surface area contributed by atoms with Crippen LogP contribution in [0.3, 0.4) is 0 Å². The normalized spacial score (nSPS) is 21.8. The molecule has 1 aliphatic heterocycles. The van der Waals surface area contributed by atoms with Crippen LogP contribution in [0.25, 0.3) is 0 Å². The van der Waals surface area contributed by atoms with Crippen molar-refractivity contribution in [2.75, 3.05) is 13.1 Å². The van der Waals surface area contributed by atoms with Crippen molar-refractivity contribution < 1.29 is 9.26 Å². The SMILES string of the molecule is CC1(OCc2nc(C3(c4ccccc4)CC3)no2)CNC1. The molecule has 0 atom stereocenters. The van der Waals surface area contributed by atoms with E-state index in [2.05, 4.69) is 46.6 Å². The van der Waals surface area contributed by atoms with E-state index in [1.54, 1.807) is 0 Å². The minimum absolute atomic E-state index is 0.0368. The van der Waals surface area contributed by atoms with Crippen molar-refractivity contribution in [2.45, 2.75) is 37.4 Å². The van der Waals surface area contributed by atoms with Gasteiger partial charge in [-0.05, 0) is 25.3 Å². The first-order chi connectivity index (χ1) is 10.2. The highest BCUT2D eigenvalue weighted by atomic mass is 16.5. The Morgan fingerprint density at radius 2 is 2.00 bits per heavy atom. The summed E-state index contributed by atoms with van der Waals surface area (Å²) >= 11 is 0. The summed E-state index contributed by atoms with van der Waals surface area (Å²) in [4.78, 5) is 4.56. The van der Waals surface area contributed by atoms with Crippen LogP contribution in [0.1, 0.15) is 37.0 Å². The van der Waals surface area contributed by atoms with Gasteiger partial charge in [-0.1, -0.05) is 35.5 Å². The monoisotopic (exact) mass is 285 g/mol. The summed E-state index contributed by atoms with van der Waals surface area (Å²) in [6.07, 6.45) is 2.16. The number of ether oxygens (including phenoxy) is 1. The summed E-state index contributed by atoms with van der Waals surface area (Å²) in [6.45, 7) is 4.23. The minimum atomic E-state index is -0.0919. The molecule has 5 nitrogen and oxygen atoms in total. The maximum absolute atomic E-state index is 5.84. The Kier molecular flexibility index (Phi) is 2.87. The summed E-state index contributed by atoms with van der Waals surface area (Å²) in [6, 6.07) is 10.4. The third-order valence-electron chi connectivity index (χ3n) is 4.51. The van der Waals surface area contributed by atoms with Crippen molar-refractivity contribution in [1.29, 1.82) is 0 Å². The van der Waals surface area contributed by atoms with E-state index in [0.29, 0.717) is 12.5 Å². The molecule has 0 unspecified atom stereocenters. The molecule has 0 spiro atoms. The van der Waals surface area contributed by atoms with Gasteiger partial charge in [-0.2, -0.15) is 4.98 Å². The quantitative estimate of drug-likeness (QED) is 0.911. The van der Waals surface area contributed by atoms with Gasteiger partial charge in [-0.25, -0.2) is 0 Å². The fraction of sp³-hybridized carbons (Fsp3) is 0.500. The van der Waals surface area contributed by atoms with Crippen LogP contribution in [-0.4, -0.2) is 28.8 Å². The Balaban J connectivity index is 1.49. The number of benzene rings is 1. The molecule has 0 radical (unpaired) electrons. The number of rotatable bonds is 5. The van der Waals surface area contributed by atoms with Gasteiger partial charge in [-0.15, -0.1) is 0 Å². The number of nitrogens with one attached hydrogen (secondary N) is 1. The molecule has 2 aliphatic rings. The molecule has 0 bridgehead atoms. The molecule has 0 amide bonds. The standard InChI is InChI=1S/C16H19N3O2/c1-15(10-17-11-15)20-9-13-18-14(19-21-13)16(7-8-16)12-5-3-2-4-6-12/h2-6,17H,7-11H2,1H3. The second kappa shape index (κ2) is 4.64. The summed E-state index contributed by atoms with van der Waals surface area (Å²) in [7, 11) is 0. The van der Waals surface area contributed by atoms with Gasteiger partial charge in [0.25, 0.3) is 5.89 Å². The average Bonchev–Trinajstić information content (AvgIpc) is 3.16. The van der Waals surface area contributed by atoms with Crippen LogP contribution in [0.15, 0.2) is 34.9 Å². The van der Waals surface area contributed by atoms with Gasteiger partial charge in [0.2, 0.25) is 0 Å². The van der Waals surface area contributed by atoms with E-state index < -0.39 is 0 Å². The lowest BCUT2D eigenvalue weighted by atomic mass is 9.95. The topological polar surface area (TPSA) is 60.2 Å². The van der Waals surface area contributed by atoms with Crippen LogP contribution in [0, 0.1) is 0 Å². The van der Waals surface area contributed by atoms with Gasteiger partial charge in [0.15, 0.2) is 5.82 Å². The van der Waals surface area contributed by atoms with Crippen molar-refractivity contribution in [1.82, 2.24) is 15.5 Å². The Bertz CT molecular complexity index is 630. The third kappa shape index (κ3) is 2.26. The number of hydrogen-bond donors (Lipinski definition) is 1. The molecular weight excluding hydrogens is 266 g/mol. The minimum Gasteiger partial charge on any atom is -0.363 e. The zero-order chi connectivity index (χ0) is 14.3. The van der Waals surface area contributed by atoms with Gasteiger partial charge >= 0.3 is 0 Å². The fourth-order valence-corrected chi connectivity index (χ4v) is 2.85. The highest BCUT2D eigenvalue weighted by Crippen LogP contribution is 2.52. The molecular formula is C16H19N3O2. The van der Waals surface area contributed by atoms with E-state index in [1.807, 2.05) is 6.07 Å². The van der Waals surface area contributed by atoms with Crippen LogP contribution in [0.5, 0.6) is 0 Å². The van der Waals surface area contributed by atoms with Gasteiger partial charge in [0, 0.05) is 13.1 Å². The zero-order valence-electron chi connectivity index (χ0n) is 12.1. The lowest BCUT2D eigenvalue weighted by Crippen LogP contribution is -2.58. The lowest BCUT2D eigenvalue weighted by Gasteiger charge is -2.38. The largest absolute Gasteiger partial charge is 0.363 e. The molecule has 1 N–H and O–H groups in total. The fourth-order valence-electron chi connectivity index (χ4n) is 2.85. The molecule has 2 fully saturated rings. The van der Waals surface area contributed by atoms with Gasteiger partial charge in [0.1, 0.15) is 6.61 Å². The van der Waals surface area contributed by atoms with Crippen molar-refractivity contribution in [2.24, 2.45) is 0 Å². The molecule has 1 saturated heterocycles. The van der Waals surface area contributed by atoms with E-state index in [1.165, 1.54) is 5.56 Å². The molecule has 110 valence electrons. The second-order valence-corrected chi connectivity index (χ2v) is 6.30. The summed E-state index contributed by atoms with van der Waals surface area (Å²) in [5, 5.41) is 7.40. The smallest absolute Gasteiger partial charge is 0.252 e. The summed E-state index contributed by atoms with van der Waals surface area (Å²) in [5.41, 5.74) is 1.14. The molecule has 4 rings (SSSR count). The van der Waals surface area contributed by atoms with Gasteiger partial charge in [0.05, 0.1) is 11.0 Å². The van der Waals surface area contributed by atoms with Crippen molar-refractivity contribution in [3.05, 3.63) is 47.6 Å². The van der Waals surface area contributed by atoms with Gasteiger partial charge in [-0.3, -0.25) is 0 Å². The van der Waals surface area contributed by atoms with Crippen molar-refractivity contribution in [3.8, 4) is 0 Å². The van der Waals surface area contributed by atoms with Gasteiger partial charge < -0.3 is 14.6 Å². The molecule has 1 aliphatic carbocycles. The molecule has 21 heavy (non-hydrogen) atoms. The third-order valence-corrected chi connectivity index (χ3v) is 4.51. The predicted molar refractivity (Wildman–Crippen MR) is 76.8 cm³/mol. The van der Waals surface area contributed by atoms with Crippen LogP contribution in [0.2, 0.25) is 0 Å². The Morgan fingerprint density at radius 3 is 2.62 bits per heavy atom. The highest BCUT2D eigenvalue weighted by molar-refractivity contribution is 5.38. The molecule has 5 heteroatoms. The maximum Gasteiger partial charge on any atom is 0.252 e. The number of nitrogens with zero attached hydrogens (tertiary/aromatic N) is 2. The van der Waals surface area contributed by atoms with E-state index in [9.17, 15) is 0 Å². The maximum atomic E-state index is 5.84. The van der Waals surface area contributed by atoms with E-state index in [-0.39, 0.29) is 11.0 Å². The molecule has 1 saturated carbocycles. The Hall–Kier alpha value is -1.72. The second-order valence-electron chi connectivity index (χ2n) is 6.30. The van der Waals surface area contributed by atoms with Crippen LogP contribution < -0.4 is 5.32 Å². The predicted octanol–water partition coefficient (Wildman–Crippen LogP) is 2.03. The molecule has 2 heterocycles. The first-order valence-electron chi connectivity index (χ1n) is 7.44. The average molecular weight is 285 g/mol. The first kappa shape index (κ1) is 13.0. The Labute approximate surface area is 123 Å². The van der Waals surface area contributed by atoms with E-state index in [4.69, 9.17) is 9.26 Å². The summed E-state index contributed by atoms with van der Waals surface area (Å²) in [5.74, 6) is 1.37. The van der Waals surface area contributed by atoms with Crippen LogP contribution >= 0.6 is 0 Å². The zero-order valence-corrected chi connectivity index (χ0v) is 12.1. The number of aromatic nitrogens is 2. The summed E-state index contributed by atoms with van der Waals surface area (Å²) < 4.78 is 11.2. The van der Waals surface area contributed by atoms with Crippen molar-refractivity contribution in [3.63, 3.8) is 0 Å². The molecule has 1 aromatic heterocycles. The van der Waals surface area contributed by atoms with E-state index in [0.717, 1.165) is 31.8 Å². The van der Waals surface area contributed by atoms with Crippen molar-refractivity contribution >= 4 is 0 Å². The van der Waals surface area contributed by atoms with E-state index >= 15 is 0 Å². The Morgan fingerprint density at radius 1 is 1.24 bits per heavy atom. The molecule has 1 aromatic carbocycles. The highest BCUT2D eigenvalue weighted by Gasteiger charge is 2.50. The molecule has 2 aromatic rings. The lowest BCUT2D eigenvalue weighted by molar-refractivity contribution is -0.0841. The number of hydrogen-bond acceptors (Lipinski definition) is 5. The van der Waals surface area contributed by atoms with Crippen LogP contribution in [0.4, 0.5) is 0 Å². The first-order valence-corrected chi connectivity index (χ1v) is 7.44. The van der Waals surface area contributed by atoms with Crippen LogP contribution in [-0.2, 0) is 16.8 Å².